The number of anilines is 1. The lowest BCUT2D eigenvalue weighted by atomic mass is 9.47. The molecule has 1 spiro atoms. The van der Waals surface area contributed by atoms with Crippen molar-refractivity contribution in [2.24, 2.45) is 11.3 Å². The lowest BCUT2D eigenvalue weighted by Gasteiger charge is -2.63. The minimum absolute atomic E-state index is 0.297. The van der Waals surface area contributed by atoms with Crippen molar-refractivity contribution in [1.82, 2.24) is 14.8 Å². The summed E-state index contributed by atoms with van der Waals surface area (Å²) >= 11 is 0. The monoisotopic (exact) mass is 808 g/mol. The van der Waals surface area contributed by atoms with Crippen molar-refractivity contribution in [2.45, 2.75) is 87.2 Å². The number of nitrogens with one attached hydrogen (secondary N) is 1. The lowest BCUT2D eigenvalue weighted by molar-refractivity contribution is -0.228. The zero-order valence-corrected chi connectivity index (χ0v) is 35.0. The molecule has 7 aliphatic rings. The molecule has 13 heteroatoms. The minimum Gasteiger partial charge on any atom is -0.496 e. The second-order valence-corrected chi connectivity index (χ2v) is 17.7. The average Bonchev–Trinajstić information content (AvgIpc) is 3.87. The molecule has 2 aromatic carbocycles. The summed E-state index contributed by atoms with van der Waals surface area (Å²) in [6.07, 6.45) is 7.19. The van der Waals surface area contributed by atoms with Crippen LogP contribution in [0.2, 0.25) is 0 Å². The highest BCUT2D eigenvalue weighted by Crippen LogP contribution is 2.68. The Kier molecular flexibility index (Phi) is 9.39. The maximum Gasteiger partial charge on any atom is 0.344 e. The number of methoxy groups -OCH3 is 3. The zero-order chi connectivity index (χ0) is 41.8. The fraction of sp³-hybridized carbons (Fsp3) is 0.543. The molecule has 13 nitrogen and oxygen atoms in total. The second kappa shape index (κ2) is 13.9. The summed E-state index contributed by atoms with van der Waals surface area (Å²) in [5.74, 6) is -2.28. The van der Waals surface area contributed by atoms with Gasteiger partial charge in [0, 0.05) is 103 Å². The summed E-state index contributed by atoms with van der Waals surface area (Å²) in [7, 11) is 6.02. The molecule has 1 aromatic heterocycles. The molecule has 10 atom stereocenters. The molecule has 0 amide bonds. The number of H-pyrrole nitrogens is 1. The van der Waals surface area contributed by atoms with Crippen LogP contribution in [0.15, 0.2) is 54.6 Å². The minimum atomic E-state index is -2.29. The Balaban J connectivity index is 1.27. The van der Waals surface area contributed by atoms with E-state index in [2.05, 4.69) is 26.9 Å². The molecule has 2 saturated heterocycles. The normalized spacial score (nSPS) is 35.6. The Hall–Kier alpha value is -4.69. The molecule has 1 aliphatic carbocycles. The highest BCUT2D eigenvalue weighted by Gasteiger charge is 2.80. The van der Waals surface area contributed by atoms with Crippen molar-refractivity contribution in [3.05, 3.63) is 77.0 Å². The number of aliphatic hydroxyl groups is 2. The Labute approximate surface area is 344 Å². The van der Waals surface area contributed by atoms with E-state index in [0.717, 1.165) is 40.8 Å². The molecule has 7 heterocycles. The summed E-state index contributed by atoms with van der Waals surface area (Å²) in [5, 5.41) is 26.9. The molecule has 0 radical (unpaired) electrons. The molecule has 3 unspecified atom stereocenters. The van der Waals surface area contributed by atoms with Crippen LogP contribution in [-0.4, -0.2) is 133 Å². The SMILES string of the molecule is CC[C@]1(O)CN2CCc3c([nH]c4ccccc34)[C@@H]1[C@@H](/C=C(\C(=O)OC)c1cc3c(cc1OC)N(C)C1[C@]34CCN3CC=C[C@](CC)(C34)[C@@H](OC(C)=O)[C@]1(O)C(=O)OC)C2. The van der Waals surface area contributed by atoms with Crippen molar-refractivity contribution >= 4 is 40.1 Å². The first-order valence-electron chi connectivity index (χ1n) is 21.0. The van der Waals surface area contributed by atoms with E-state index in [0.29, 0.717) is 62.3 Å². The summed E-state index contributed by atoms with van der Waals surface area (Å²) in [6.45, 7) is 8.52. The third-order valence-corrected chi connectivity index (χ3v) is 15.2. The van der Waals surface area contributed by atoms with Crippen molar-refractivity contribution in [3.63, 3.8) is 0 Å². The number of fused-ring (bicyclic) bond motifs is 5. The highest BCUT2D eigenvalue weighted by atomic mass is 16.6. The van der Waals surface area contributed by atoms with E-state index < -0.39 is 52.1 Å². The maximum absolute atomic E-state index is 14.3. The number of ether oxygens (including phenoxy) is 4. The number of esters is 3. The fourth-order valence-corrected chi connectivity index (χ4v) is 13.1. The van der Waals surface area contributed by atoms with Crippen molar-refractivity contribution in [2.75, 3.05) is 66.0 Å². The van der Waals surface area contributed by atoms with Gasteiger partial charge in [-0.05, 0) is 55.5 Å². The first kappa shape index (κ1) is 39.8. The summed E-state index contributed by atoms with van der Waals surface area (Å²) in [5.41, 5.74) is 0.378. The van der Waals surface area contributed by atoms with E-state index in [-0.39, 0.29) is 17.9 Å². The van der Waals surface area contributed by atoms with Gasteiger partial charge in [-0.25, -0.2) is 9.59 Å². The number of carbonyl (C=O) groups excluding carboxylic acids is 3. The molecule has 59 heavy (non-hydrogen) atoms. The number of rotatable bonds is 8. The number of para-hydroxylation sites is 1. The van der Waals surface area contributed by atoms with E-state index in [1.807, 2.05) is 68.3 Å². The standard InChI is InChI=1S/C46H56N4O9/c1-8-43-16-12-18-50-20-17-45(39(43)50)32-22-30(35(56-5)23-34(32)48(4)40(45)46(55,42(53)58-7)41(43)59-26(3)51)31(38(52)57-6)21-27-24-49-19-15-29-28-13-10-11-14-33(28)47-37(29)36(27)44(54,9-2)25-49/h10-14,16,21-23,27,36,39-41,47,54-55H,8-9,15,17-20,24-25H2,1-7H3/b31-21-/t27-,36-,39?,40?,41+,43+,44-,45+,46-/m0/s1. The van der Waals surface area contributed by atoms with Crippen molar-refractivity contribution < 1.29 is 43.5 Å². The predicted molar refractivity (Wildman–Crippen MR) is 221 cm³/mol. The van der Waals surface area contributed by atoms with Gasteiger partial charge >= 0.3 is 17.9 Å². The number of hydrogen-bond acceptors (Lipinski definition) is 12. The Morgan fingerprint density at radius 3 is 2.49 bits per heavy atom. The molecule has 314 valence electrons. The van der Waals surface area contributed by atoms with Gasteiger partial charge < -0.3 is 39.0 Å². The van der Waals surface area contributed by atoms with E-state index >= 15 is 0 Å². The van der Waals surface area contributed by atoms with Crippen LogP contribution in [0.3, 0.4) is 0 Å². The van der Waals surface area contributed by atoms with Crippen LogP contribution in [0.5, 0.6) is 5.75 Å². The molecule has 10 rings (SSSR count). The van der Waals surface area contributed by atoms with Crippen LogP contribution in [0.1, 0.15) is 68.3 Å². The number of aromatic nitrogens is 1. The van der Waals surface area contributed by atoms with Crippen LogP contribution in [0.25, 0.3) is 16.5 Å². The molecule has 2 bridgehead atoms. The van der Waals surface area contributed by atoms with Crippen molar-refractivity contribution in [1.29, 1.82) is 0 Å². The number of carbonyl (C=O) groups is 3. The van der Waals surface area contributed by atoms with Crippen LogP contribution in [-0.2, 0) is 40.4 Å². The number of piperidine rings is 1. The predicted octanol–water partition coefficient (Wildman–Crippen LogP) is 4.09. The zero-order valence-electron chi connectivity index (χ0n) is 35.0. The van der Waals surface area contributed by atoms with Crippen LogP contribution < -0.4 is 9.64 Å². The molecule has 3 fully saturated rings. The van der Waals surface area contributed by atoms with Gasteiger partial charge in [-0.15, -0.1) is 0 Å². The number of aromatic amines is 1. The van der Waals surface area contributed by atoms with Crippen LogP contribution in [0, 0.1) is 11.3 Å². The Morgan fingerprint density at radius 1 is 1.02 bits per heavy atom. The smallest absolute Gasteiger partial charge is 0.344 e. The van der Waals surface area contributed by atoms with Gasteiger partial charge in [0.1, 0.15) is 5.75 Å². The van der Waals surface area contributed by atoms with E-state index in [4.69, 9.17) is 18.9 Å². The Morgan fingerprint density at radius 2 is 1.80 bits per heavy atom. The number of benzene rings is 2. The van der Waals surface area contributed by atoms with Crippen LogP contribution in [0.4, 0.5) is 5.69 Å². The van der Waals surface area contributed by atoms with Gasteiger partial charge in [0.25, 0.3) is 0 Å². The lowest BCUT2D eigenvalue weighted by Crippen LogP contribution is -2.81. The largest absolute Gasteiger partial charge is 0.496 e. The van der Waals surface area contributed by atoms with Gasteiger partial charge in [-0.2, -0.15) is 0 Å². The maximum atomic E-state index is 14.3. The van der Waals surface area contributed by atoms with Crippen molar-refractivity contribution in [3.8, 4) is 5.75 Å². The topological polar surface area (TPSA) is 154 Å². The average molecular weight is 809 g/mol. The molecule has 3 aromatic rings. The number of hydrogen-bond donors (Lipinski definition) is 3. The first-order chi connectivity index (χ1) is 28.3. The molecule has 3 N–H and O–H groups in total. The summed E-state index contributed by atoms with van der Waals surface area (Å²) < 4.78 is 23.2. The van der Waals surface area contributed by atoms with E-state index in [1.54, 1.807) is 7.11 Å². The first-order valence-corrected chi connectivity index (χ1v) is 21.0. The van der Waals surface area contributed by atoms with Gasteiger partial charge in [0.15, 0.2) is 6.10 Å². The van der Waals surface area contributed by atoms with Gasteiger partial charge in [-0.1, -0.05) is 50.3 Å². The van der Waals surface area contributed by atoms with Crippen LogP contribution >= 0.6 is 0 Å². The van der Waals surface area contributed by atoms with Gasteiger partial charge in [-0.3, -0.25) is 14.6 Å². The molecule has 6 aliphatic heterocycles. The molecule has 1 saturated carbocycles. The third kappa shape index (κ3) is 5.26. The summed E-state index contributed by atoms with van der Waals surface area (Å²) in [4.78, 5) is 51.8. The van der Waals surface area contributed by atoms with E-state index in [9.17, 15) is 24.6 Å². The van der Waals surface area contributed by atoms with Gasteiger partial charge in [0.2, 0.25) is 5.60 Å². The van der Waals surface area contributed by atoms with Gasteiger partial charge in [0.05, 0.1) is 38.5 Å². The fourth-order valence-electron chi connectivity index (χ4n) is 13.1. The Bertz CT molecular complexity index is 2300. The molecular formula is C46H56N4O9. The summed E-state index contributed by atoms with van der Waals surface area (Å²) in [6, 6.07) is 10.9. The third-order valence-electron chi connectivity index (χ3n) is 15.2. The van der Waals surface area contributed by atoms with E-state index in [1.165, 1.54) is 26.7 Å². The second-order valence-electron chi connectivity index (χ2n) is 17.7. The number of nitrogens with zero attached hydrogens (tertiary/aromatic N) is 3. The number of likely N-dealkylation sites (N-methyl/N-ethyl adjacent to an activating group) is 1. The molecular weight excluding hydrogens is 753 g/mol. The quantitative estimate of drug-likeness (QED) is 0.130. The highest BCUT2D eigenvalue weighted by molar-refractivity contribution is 6.17.